The van der Waals surface area contributed by atoms with E-state index in [0.29, 0.717) is 16.7 Å². The number of halogens is 3. The molecular weight excluding hydrogens is 459 g/mol. The van der Waals surface area contributed by atoms with Gasteiger partial charge in [0.25, 0.3) is 0 Å². The van der Waals surface area contributed by atoms with Crippen LogP contribution in [-0.4, -0.2) is 32.8 Å². The van der Waals surface area contributed by atoms with E-state index in [4.69, 9.17) is 27.9 Å². The third-order valence-electron chi connectivity index (χ3n) is 4.73. The van der Waals surface area contributed by atoms with Crippen molar-refractivity contribution < 1.29 is 4.74 Å². The maximum atomic E-state index is 6.17. The zero-order valence-electron chi connectivity index (χ0n) is 15.7. The van der Waals surface area contributed by atoms with Crippen LogP contribution in [-0.2, 0) is 0 Å². The fourth-order valence-corrected chi connectivity index (χ4v) is 4.14. The highest BCUT2D eigenvalue weighted by Crippen LogP contribution is 2.28. The molecule has 6 heteroatoms. The van der Waals surface area contributed by atoms with Crippen LogP contribution in [0.25, 0.3) is 12.2 Å². The van der Waals surface area contributed by atoms with Crippen LogP contribution in [0.3, 0.4) is 0 Å². The summed E-state index contributed by atoms with van der Waals surface area (Å²) in [5, 5.41) is 8.29. The molecule has 1 saturated heterocycles. The zero-order chi connectivity index (χ0) is 19.8. The fourth-order valence-electron chi connectivity index (χ4n) is 3.16. The summed E-state index contributed by atoms with van der Waals surface area (Å²) in [5.41, 5.74) is 2.05. The first-order valence-corrected chi connectivity index (χ1v) is 11.1. The summed E-state index contributed by atoms with van der Waals surface area (Å²) in [6.45, 7) is 4.97. The molecule has 2 aromatic rings. The zero-order valence-corrected chi connectivity index (χ0v) is 18.8. The van der Waals surface area contributed by atoms with Crippen LogP contribution in [0.1, 0.15) is 24.0 Å². The highest BCUT2D eigenvalue weighted by atomic mass is 79.9. The van der Waals surface area contributed by atoms with E-state index in [1.807, 2.05) is 48.6 Å². The fraction of sp³-hybridized carbons (Fsp3) is 0.364. The van der Waals surface area contributed by atoms with Crippen LogP contribution in [0.15, 0.2) is 40.9 Å². The molecule has 1 heterocycles. The second-order valence-electron chi connectivity index (χ2n) is 6.95. The molecule has 3 rings (SSSR count). The Labute approximate surface area is 185 Å². The van der Waals surface area contributed by atoms with Gasteiger partial charge in [0.05, 0.1) is 6.61 Å². The lowest BCUT2D eigenvalue weighted by molar-refractivity contribution is 0.306. The normalized spacial score (nSPS) is 16.8. The molecule has 3 nitrogen and oxygen atoms in total. The number of hydrogen-bond acceptors (Lipinski definition) is 3. The molecule has 0 amide bonds. The first-order chi connectivity index (χ1) is 13.6. The van der Waals surface area contributed by atoms with Gasteiger partial charge < -0.3 is 15.4 Å². The largest absolute Gasteiger partial charge is 0.493 e. The van der Waals surface area contributed by atoms with Crippen molar-refractivity contribution in [3.05, 3.63) is 62.0 Å². The maximum absolute atomic E-state index is 6.17. The summed E-state index contributed by atoms with van der Waals surface area (Å²) in [7, 11) is 0. The van der Waals surface area contributed by atoms with Gasteiger partial charge in [-0.15, -0.1) is 0 Å². The first kappa shape index (κ1) is 21.7. The van der Waals surface area contributed by atoms with Gasteiger partial charge in [0.1, 0.15) is 5.75 Å². The van der Waals surface area contributed by atoms with E-state index < -0.39 is 0 Å². The Morgan fingerprint density at radius 3 is 2.61 bits per heavy atom. The topological polar surface area (TPSA) is 33.3 Å². The van der Waals surface area contributed by atoms with Gasteiger partial charge in [-0.2, -0.15) is 0 Å². The molecule has 2 N–H and O–H groups in total. The second kappa shape index (κ2) is 11.2. The summed E-state index contributed by atoms with van der Waals surface area (Å²) < 4.78 is 6.96. The molecule has 0 aromatic heterocycles. The van der Waals surface area contributed by atoms with Crippen LogP contribution in [0, 0.1) is 5.92 Å². The van der Waals surface area contributed by atoms with Gasteiger partial charge in [0.2, 0.25) is 0 Å². The van der Waals surface area contributed by atoms with Crippen molar-refractivity contribution in [1.29, 1.82) is 0 Å². The Balaban J connectivity index is 1.52. The molecule has 1 aliphatic rings. The second-order valence-corrected chi connectivity index (χ2v) is 8.67. The van der Waals surface area contributed by atoms with Gasteiger partial charge in [0.15, 0.2) is 0 Å². The Morgan fingerprint density at radius 2 is 1.86 bits per heavy atom. The Hall–Kier alpha value is -1.04. The lowest BCUT2D eigenvalue weighted by Gasteiger charge is -2.12. The average Bonchev–Trinajstić information content (AvgIpc) is 3.18. The minimum absolute atomic E-state index is 0.655. The molecule has 1 fully saturated rings. The molecule has 0 saturated carbocycles. The first-order valence-electron chi connectivity index (χ1n) is 9.59. The van der Waals surface area contributed by atoms with E-state index in [2.05, 4.69) is 26.6 Å². The van der Waals surface area contributed by atoms with Crippen LogP contribution in [0.5, 0.6) is 5.75 Å². The van der Waals surface area contributed by atoms with Crippen molar-refractivity contribution >= 4 is 51.3 Å². The molecule has 1 unspecified atom stereocenters. The third kappa shape index (κ3) is 6.78. The molecule has 150 valence electrons. The molecule has 2 aromatic carbocycles. The van der Waals surface area contributed by atoms with Crippen molar-refractivity contribution in [3.8, 4) is 5.75 Å². The molecule has 0 radical (unpaired) electrons. The van der Waals surface area contributed by atoms with Crippen molar-refractivity contribution in [2.75, 3.05) is 32.8 Å². The van der Waals surface area contributed by atoms with Crippen LogP contribution in [0.4, 0.5) is 0 Å². The van der Waals surface area contributed by atoms with Crippen LogP contribution >= 0.6 is 39.1 Å². The summed E-state index contributed by atoms with van der Waals surface area (Å²) in [6, 6.07) is 11.5. The summed E-state index contributed by atoms with van der Waals surface area (Å²) in [6.07, 6.45) is 6.29. The van der Waals surface area contributed by atoms with E-state index >= 15 is 0 Å². The highest BCUT2D eigenvalue weighted by molar-refractivity contribution is 9.10. The van der Waals surface area contributed by atoms with Crippen LogP contribution in [0.2, 0.25) is 10.0 Å². The van der Waals surface area contributed by atoms with Gasteiger partial charge in [-0.1, -0.05) is 57.4 Å². The Bertz CT molecular complexity index is 807. The molecule has 1 aliphatic heterocycles. The molecule has 1 atom stereocenters. The predicted molar refractivity (Wildman–Crippen MR) is 123 cm³/mol. The van der Waals surface area contributed by atoms with Crippen molar-refractivity contribution in [3.63, 3.8) is 0 Å². The Morgan fingerprint density at radius 1 is 1.11 bits per heavy atom. The van der Waals surface area contributed by atoms with Gasteiger partial charge >= 0.3 is 0 Å². The van der Waals surface area contributed by atoms with Gasteiger partial charge in [0, 0.05) is 20.1 Å². The SMILES string of the molecule is Clc1ccc(/C=C/c2ccc(Cl)cc2OCCCNCC2CCNC2)c(Br)c1. The van der Waals surface area contributed by atoms with Crippen molar-refractivity contribution in [1.82, 2.24) is 10.6 Å². The lowest BCUT2D eigenvalue weighted by Crippen LogP contribution is -2.26. The lowest BCUT2D eigenvalue weighted by atomic mass is 10.1. The molecule has 28 heavy (non-hydrogen) atoms. The minimum Gasteiger partial charge on any atom is -0.493 e. The van der Waals surface area contributed by atoms with Crippen molar-refractivity contribution in [2.24, 2.45) is 5.92 Å². The summed E-state index contributed by atoms with van der Waals surface area (Å²) in [5.74, 6) is 1.56. The monoisotopic (exact) mass is 482 g/mol. The van der Waals surface area contributed by atoms with Gasteiger partial charge in [-0.05, 0) is 80.8 Å². The molecule has 0 spiro atoms. The number of hydrogen-bond donors (Lipinski definition) is 2. The number of ether oxygens (including phenoxy) is 1. The highest BCUT2D eigenvalue weighted by Gasteiger charge is 2.13. The predicted octanol–water partition coefficient (Wildman–Crippen LogP) is 5.89. The number of benzene rings is 2. The third-order valence-corrected chi connectivity index (χ3v) is 5.89. The Kier molecular flexibility index (Phi) is 8.68. The van der Waals surface area contributed by atoms with E-state index in [9.17, 15) is 0 Å². The number of nitrogens with one attached hydrogen (secondary N) is 2. The molecule has 0 aliphatic carbocycles. The average molecular weight is 484 g/mol. The minimum atomic E-state index is 0.655. The van der Waals surface area contributed by atoms with E-state index in [0.717, 1.165) is 59.9 Å². The quantitative estimate of drug-likeness (QED) is 0.344. The molecular formula is C22H25BrCl2N2O. The smallest absolute Gasteiger partial charge is 0.127 e. The molecule has 0 bridgehead atoms. The van der Waals surface area contributed by atoms with E-state index in [-0.39, 0.29) is 0 Å². The van der Waals surface area contributed by atoms with E-state index in [1.165, 1.54) is 6.42 Å². The number of rotatable bonds is 9. The summed E-state index contributed by atoms with van der Waals surface area (Å²) in [4.78, 5) is 0. The van der Waals surface area contributed by atoms with Gasteiger partial charge in [-0.3, -0.25) is 0 Å². The van der Waals surface area contributed by atoms with Crippen molar-refractivity contribution in [2.45, 2.75) is 12.8 Å². The van der Waals surface area contributed by atoms with Gasteiger partial charge in [-0.25, -0.2) is 0 Å². The van der Waals surface area contributed by atoms with E-state index in [1.54, 1.807) is 0 Å². The summed E-state index contributed by atoms with van der Waals surface area (Å²) >= 11 is 15.7. The van der Waals surface area contributed by atoms with Crippen LogP contribution < -0.4 is 15.4 Å². The maximum Gasteiger partial charge on any atom is 0.127 e. The standard InChI is InChI=1S/C22H25BrCl2N2O/c23-21-12-19(24)6-4-17(21)2-3-18-5-7-20(25)13-22(18)28-11-1-9-26-14-16-8-10-27-15-16/h2-7,12-13,16,26-27H,1,8-11,14-15H2/b3-2+.